The van der Waals surface area contributed by atoms with Gasteiger partial charge in [-0.3, -0.25) is 4.90 Å². The van der Waals surface area contributed by atoms with Crippen molar-refractivity contribution < 1.29 is 9.90 Å². The quantitative estimate of drug-likeness (QED) is 0.826. The van der Waals surface area contributed by atoms with Gasteiger partial charge in [-0.1, -0.05) is 38.1 Å². The van der Waals surface area contributed by atoms with Crippen molar-refractivity contribution in [2.24, 2.45) is 0 Å². The maximum absolute atomic E-state index is 11.5. The number of benzene rings is 1. The number of aromatic nitrogens is 1. The predicted octanol–water partition coefficient (Wildman–Crippen LogP) is 3.44. The third kappa shape index (κ3) is 4.05. The highest BCUT2D eigenvalue weighted by Crippen LogP contribution is 2.25. The fourth-order valence-electron chi connectivity index (χ4n) is 3.66. The Morgan fingerprint density at radius 3 is 2.62 bits per heavy atom. The van der Waals surface area contributed by atoms with Crippen LogP contribution in [-0.2, 0) is 13.0 Å². The minimum atomic E-state index is -0.917. The molecule has 1 N–H and O–H groups in total. The number of nitrogens with zero attached hydrogens (tertiary/aromatic N) is 3. The Labute approximate surface area is 155 Å². The highest BCUT2D eigenvalue weighted by atomic mass is 16.4. The first-order valence-electron chi connectivity index (χ1n) is 9.37. The molecule has 1 saturated heterocycles. The van der Waals surface area contributed by atoms with Gasteiger partial charge in [-0.25, -0.2) is 9.78 Å². The Morgan fingerprint density at radius 2 is 1.96 bits per heavy atom. The lowest BCUT2D eigenvalue weighted by Gasteiger charge is -2.28. The van der Waals surface area contributed by atoms with Crippen LogP contribution in [0, 0.1) is 0 Å². The van der Waals surface area contributed by atoms with Crippen LogP contribution < -0.4 is 4.90 Å². The van der Waals surface area contributed by atoms with Crippen molar-refractivity contribution in [2.45, 2.75) is 39.3 Å². The van der Waals surface area contributed by atoms with Crippen LogP contribution in [0.4, 0.5) is 5.82 Å². The van der Waals surface area contributed by atoms with E-state index in [9.17, 15) is 9.90 Å². The number of aromatic carboxylic acids is 1. The van der Waals surface area contributed by atoms with E-state index in [2.05, 4.69) is 52.9 Å². The molecule has 1 atom stereocenters. The largest absolute Gasteiger partial charge is 0.478 e. The SMILES string of the molecule is CCc1ccc(CN(CC)[C@H]2CCN(c3ncccc3C(=O)O)C2)cc1. The summed E-state index contributed by atoms with van der Waals surface area (Å²) in [6, 6.07) is 12.6. The van der Waals surface area contributed by atoms with Gasteiger partial charge in [0.25, 0.3) is 0 Å². The third-order valence-corrected chi connectivity index (χ3v) is 5.22. The molecule has 0 unspecified atom stereocenters. The summed E-state index contributed by atoms with van der Waals surface area (Å²) in [7, 11) is 0. The number of hydrogen-bond donors (Lipinski definition) is 1. The Hall–Kier alpha value is -2.40. The zero-order valence-electron chi connectivity index (χ0n) is 15.6. The van der Waals surface area contributed by atoms with E-state index in [1.807, 2.05) is 0 Å². The van der Waals surface area contributed by atoms with Gasteiger partial charge < -0.3 is 10.0 Å². The van der Waals surface area contributed by atoms with Gasteiger partial charge in [0, 0.05) is 31.9 Å². The van der Waals surface area contributed by atoms with Crippen LogP contribution in [0.3, 0.4) is 0 Å². The molecule has 2 aromatic rings. The molecule has 1 aliphatic heterocycles. The van der Waals surface area contributed by atoms with E-state index in [1.165, 1.54) is 11.1 Å². The van der Waals surface area contributed by atoms with Crippen molar-refractivity contribution >= 4 is 11.8 Å². The van der Waals surface area contributed by atoms with E-state index in [1.54, 1.807) is 18.3 Å². The molecule has 1 aromatic carbocycles. The molecule has 0 amide bonds. The maximum atomic E-state index is 11.5. The molecule has 3 rings (SSSR count). The fraction of sp³-hybridized carbons (Fsp3) is 0.429. The van der Waals surface area contributed by atoms with Crippen molar-refractivity contribution in [2.75, 3.05) is 24.5 Å². The first-order valence-corrected chi connectivity index (χ1v) is 9.37. The molecule has 138 valence electrons. The lowest BCUT2D eigenvalue weighted by atomic mass is 10.1. The maximum Gasteiger partial charge on any atom is 0.339 e. The molecule has 5 nitrogen and oxygen atoms in total. The second kappa shape index (κ2) is 8.32. The lowest BCUT2D eigenvalue weighted by Crippen LogP contribution is -2.37. The Morgan fingerprint density at radius 1 is 1.23 bits per heavy atom. The van der Waals surface area contributed by atoms with Crippen molar-refractivity contribution in [1.29, 1.82) is 0 Å². The molecule has 0 spiro atoms. The molecule has 0 aliphatic carbocycles. The second-order valence-electron chi connectivity index (χ2n) is 6.80. The number of carbonyl (C=O) groups is 1. The van der Waals surface area contributed by atoms with Crippen molar-refractivity contribution in [3.63, 3.8) is 0 Å². The first-order chi connectivity index (χ1) is 12.6. The molecule has 26 heavy (non-hydrogen) atoms. The van der Waals surface area contributed by atoms with Crippen molar-refractivity contribution in [3.05, 3.63) is 59.3 Å². The van der Waals surface area contributed by atoms with Gasteiger partial charge in [0.1, 0.15) is 11.4 Å². The van der Waals surface area contributed by atoms with Crippen molar-refractivity contribution in [1.82, 2.24) is 9.88 Å². The van der Waals surface area contributed by atoms with Crippen LogP contribution in [0.15, 0.2) is 42.6 Å². The molecule has 1 fully saturated rings. The van der Waals surface area contributed by atoms with E-state index in [-0.39, 0.29) is 5.56 Å². The van der Waals surface area contributed by atoms with Crippen LogP contribution in [0.2, 0.25) is 0 Å². The van der Waals surface area contributed by atoms with Gasteiger partial charge in [0.2, 0.25) is 0 Å². The van der Waals surface area contributed by atoms with Crippen LogP contribution in [0.25, 0.3) is 0 Å². The standard InChI is InChI=1S/C21H27N3O2/c1-3-16-7-9-17(10-8-16)14-23(4-2)18-11-13-24(15-18)20-19(21(25)26)6-5-12-22-20/h5-10,12,18H,3-4,11,13-15H2,1-2H3,(H,25,26)/t18-/m0/s1. The summed E-state index contributed by atoms with van der Waals surface area (Å²) >= 11 is 0. The Balaban J connectivity index is 1.69. The number of rotatable bonds is 7. The number of pyridine rings is 1. The first kappa shape index (κ1) is 18.4. The number of hydrogen-bond acceptors (Lipinski definition) is 4. The Kier molecular flexibility index (Phi) is 5.89. The van der Waals surface area contributed by atoms with E-state index < -0.39 is 5.97 Å². The lowest BCUT2D eigenvalue weighted by molar-refractivity contribution is 0.0697. The highest BCUT2D eigenvalue weighted by Gasteiger charge is 2.29. The fourth-order valence-corrected chi connectivity index (χ4v) is 3.66. The van der Waals surface area contributed by atoms with E-state index >= 15 is 0 Å². The van der Waals surface area contributed by atoms with Gasteiger partial charge in [0.15, 0.2) is 0 Å². The van der Waals surface area contributed by atoms with Gasteiger partial charge in [0.05, 0.1) is 0 Å². The normalized spacial score (nSPS) is 17.0. The molecule has 0 saturated carbocycles. The minimum Gasteiger partial charge on any atom is -0.478 e. The molecule has 1 aliphatic rings. The summed E-state index contributed by atoms with van der Waals surface area (Å²) in [6.07, 6.45) is 3.75. The molecule has 2 heterocycles. The summed E-state index contributed by atoms with van der Waals surface area (Å²) < 4.78 is 0. The number of likely N-dealkylation sites (N-methyl/N-ethyl adjacent to an activating group) is 1. The number of carboxylic acid groups (broad SMARTS) is 1. The average Bonchev–Trinajstić information content (AvgIpc) is 3.16. The summed E-state index contributed by atoms with van der Waals surface area (Å²) in [5.74, 6) is -0.328. The van der Waals surface area contributed by atoms with Crippen LogP contribution in [-0.4, -0.2) is 46.6 Å². The van der Waals surface area contributed by atoms with E-state index in [4.69, 9.17) is 0 Å². The van der Waals surface area contributed by atoms with Gasteiger partial charge >= 0.3 is 5.97 Å². The Bertz CT molecular complexity index is 745. The van der Waals surface area contributed by atoms with Crippen molar-refractivity contribution in [3.8, 4) is 0 Å². The summed E-state index contributed by atoms with van der Waals surface area (Å²) in [5, 5.41) is 9.41. The highest BCUT2D eigenvalue weighted by molar-refractivity contribution is 5.93. The minimum absolute atomic E-state index is 0.284. The van der Waals surface area contributed by atoms with Crippen LogP contribution in [0.5, 0.6) is 0 Å². The predicted molar refractivity (Wildman–Crippen MR) is 104 cm³/mol. The zero-order valence-corrected chi connectivity index (χ0v) is 15.6. The van der Waals surface area contributed by atoms with E-state index in [0.29, 0.717) is 11.9 Å². The molecular weight excluding hydrogens is 326 g/mol. The van der Waals surface area contributed by atoms with E-state index in [0.717, 1.165) is 39.0 Å². The summed E-state index contributed by atoms with van der Waals surface area (Å²) in [6.45, 7) is 7.91. The monoisotopic (exact) mass is 353 g/mol. The molecule has 5 heteroatoms. The molecule has 0 radical (unpaired) electrons. The summed E-state index contributed by atoms with van der Waals surface area (Å²) in [5.41, 5.74) is 2.97. The third-order valence-electron chi connectivity index (χ3n) is 5.22. The molecule has 0 bridgehead atoms. The molecule has 1 aromatic heterocycles. The van der Waals surface area contributed by atoms with Gasteiger partial charge in [-0.15, -0.1) is 0 Å². The topological polar surface area (TPSA) is 56.7 Å². The zero-order chi connectivity index (χ0) is 18.5. The summed E-state index contributed by atoms with van der Waals surface area (Å²) in [4.78, 5) is 20.4. The van der Waals surface area contributed by atoms with Crippen LogP contribution in [0.1, 0.15) is 41.8 Å². The number of aryl methyl sites for hydroxylation is 1. The average molecular weight is 353 g/mol. The number of carboxylic acids is 1. The second-order valence-corrected chi connectivity index (χ2v) is 6.80. The number of anilines is 1. The van der Waals surface area contributed by atoms with Gasteiger partial charge in [-0.2, -0.15) is 0 Å². The van der Waals surface area contributed by atoms with Gasteiger partial charge in [-0.05, 0) is 42.6 Å². The smallest absolute Gasteiger partial charge is 0.339 e. The van der Waals surface area contributed by atoms with Crippen LogP contribution >= 0.6 is 0 Å². The molecular formula is C21H27N3O2.